The number of nitriles is 2. The maximum Gasteiger partial charge on any atom is 0.264 e. The van der Waals surface area contributed by atoms with Gasteiger partial charge in [-0.05, 0) is 72.5 Å². The van der Waals surface area contributed by atoms with Gasteiger partial charge in [0, 0.05) is 34.5 Å². The quantitative estimate of drug-likeness (QED) is 0.0961. The number of benzene rings is 4. The van der Waals surface area contributed by atoms with Gasteiger partial charge in [-0.2, -0.15) is 10.5 Å². The number of anilines is 2. The fourth-order valence-electron chi connectivity index (χ4n) is 5.80. The monoisotopic (exact) mass is 792 g/mol. The van der Waals surface area contributed by atoms with E-state index in [1.165, 1.54) is 9.80 Å². The molecule has 2 heterocycles. The first-order valence-corrected chi connectivity index (χ1v) is 19.2. The van der Waals surface area contributed by atoms with E-state index < -0.39 is 22.3 Å². The molecule has 0 saturated carbocycles. The van der Waals surface area contributed by atoms with Gasteiger partial charge < -0.3 is 10.6 Å². The molecule has 0 unspecified atom stereocenters. The first-order valence-electron chi connectivity index (χ1n) is 16.6. The number of halogens is 2. The summed E-state index contributed by atoms with van der Waals surface area (Å²) in [6.45, 7) is -0.189. The molecular weight excluding hydrogens is 764 g/mol. The van der Waals surface area contributed by atoms with Crippen molar-refractivity contribution in [1.82, 2.24) is 10.6 Å². The van der Waals surface area contributed by atoms with Crippen LogP contribution in [-0.2, 0) is 32.0 Å². The summed E-state index contributed by atoms with van der Waals surface area (Å²) in [5.74, 6) is -2.01. The van der Waals surface area contributed by atoms with Gasteiger partial charge in [0.25, 0.3) is 11.8 Å². The molecule has 2 saturated heterocycles. The zero-order valence-corrected chi connectivity index (χ0v) is 31.5. The molecule has 2 fully saturated rings. The maximum absolute atomic E-state index is 13.7. The number of carbonyl (C=O) groups excluding carboxylic acids is 4. The third kappa shape index (κ3) is 8.65. The average Bonchev–Trinajstić information content (AvgIpc) is 3.67. The van der Waals surface area contributed by atoms with Crippen molar-refractivity contribution in [3.63, 3.8) is 0 Å². The number of carbonyl (C=O) groups is 4. The number of hydrogen-bond donors (Lipinski definition) is 2. The molecule has 2 atom stereocenters. The SMILES string of the molecule is N#C/C(C(=O)NCCNC(=O)/C(C#N)=C1/S[C@@H](Cc2ccc(Cl)cc2)C(=O)N1c1ccccc1)=C1/S[C@@H](Cc2ccc(Cl)cc2)C(=O)N1c1ccccc1. The van der Waals surface area contributed by atoms with Crippen molar-refractivity contribution in [3.05, 3.63) is 152 Å². The Hall–Kier alpha value is -5.50. The summed E-state index contributed by atoms with van der Waals surface area (Å²) in [7, 11) is 0. The van der Waals surface area contributed by atoms with Gasteiger partial charge in [-0.15, -0.1) is 0 Å². The van der Waals surface area contributed by atoms with E-state index in [0.29, 0.717) is 34.3 Å². The first-order chi connectivity index (χ1) is 26.2. The van der Waals surface area contributed by atoms with Crippen LogP contribution in [-0.4, -0.2) is 47.2 Å². The summed E-state index contributed by atoms with van der Waals surface area (Å²) in [6.07, 6.45) is 0.702. The van der Waals surface area contributed by atoms with Crippen molar-refractivity contribution in [1.29, 1.82) is 10.5 Å². The van der Waals surface area contributed by atoms with Gasteiger partial charge in [0.1, 0.15) is 33.3 Å². The molecule has 2 N–H and O–H groups in total. The summed E-state index contributed by atoms with van der Waals surface area (Å²) in [6, 6.07) is 35.7. The molecule has 0 radical (unpaired) electrons. The highest BCUT2D eigenvalue weighted by molar-refractivity contribution is 8.05. The van der Waals surface area contributed by atoms with Crippen LogP contribution in [0.3, 0.4) is 0 Å². The Kier molecular flexibility index (Phi) is 12.4. The summed E-state index contributed by atoms with van der Waals surface area (Å²) >= 11 is 14.4. The summed E-state index contributed by atoms with van der Waals surface area (Å²) in [4.78, 5) is 57.1. The molecule has 4 aromatic carbocycles. The van der Waals surface area contributed by atoms with Crippen LogP contribution >= 0.6 is 46.7 Å². The zero-order chi connectivity index (χ0) is 38.2. The molecule has 0 spiro atoms. The standard InChI is InChI=1S/C40H30Cl2N6O4S2/c41-27-15-11-25(12-16-27)21-33-37(51)47(29-7-3-1-4-8-29)39(53-33)31(23-43)35(49)45-19-20-46-36(50)32(24-44)40-48(30-9-5-2-6-10-30)38(52)34(54-40)22-26-13-17-28(42)18-14-26/h1-18,33-34H,19-22H2,(H,45,49)(H,46,50)/b39-31-,40-32+/t33-,34-/m0/s1. The van der Waals surface area contributed by atoms with Crippen LogP contribution in [0.5, 0.6) is 0 Å². The Labute approximate surface area is 330 Å². The van der Waals surface area contributed by atoms with Gasteiger partial charge in [-0.3, -0.25) is 29.0 Å². The number of nitrogens with zero attached hydrogens (tertiary/aromatic N) is 4. The Balaban J connectivity index is 1.16. The fourth-order valence-corrected chi connectivity index (χ4v) is 8.66. The molecule has 4 amide bonds. The van der Waals surface area contributed by atoms with Crippen molar-refractivity contribution in [2.24, 2.45) is 0 Å². The second-order valence-corrected chi connectivity index (χ2v) is 15.2. The van der Waals surface area contributed by atoms with Gasteiger partial charge >= 0.3 is 0 Å². The van der Waals surface area contributed by atoms with E-state index in [4.69, 9.17) is 23.2 Å². The lowest BCUT2D eigenvalue weighted by molar-refractivity contribution is -0.119. The van der Waals surface area contributed by atoms with Crippen LogP contribution in [0.2, 0.25) is 10.0 Å². The Morgan fingerprint density at radius 2 is 0.944 bits per heavy atom. The maximum atomic E-state index is 13.7. The Bertz CT molecular complexity index is 2060. The van der Waals surface area contributed by atoms with Crippen LogP contribution in [0.15, 0.2) is 130 Å². The van der Waals surface area contributed by atoms with E-state index in [9.17, 15) is 29.7 Å². The minimum Gasteiger partial charge on any atom is -0.350 e. The molecule has 4 aromatic rings. The van der Waals surface area contributed by atoms with Crippen LogP contribution in [0.1, 0.15) is 11.1 Å². The lowest BCUT2D eigenvalue weighted by Gasteiger charge is -2.19. The van der Waals surface area contributed by atoms with Crippen LogP contribution in [0.4, 0.5) is 11.4 Å². The molecule has 0 bridgehead atoms. The molecule has 14 heteroatoms. The topological polar surface area (TPSA) is 146 Å². The smallest absolute Gasteiger partial charge is 0.264 e. The van der Waals surface area contributed by atoms with Crippen LogP contribution in [0, 0.1) is 22.7 Å². The molecular formula is C40H30Cl2N6O4S2. The minimum atomic E-state index is -0.730. The Morgan fingerprint density at radius 3 is 1.28 bits per heavy atom. The van der Waals surface area contributed by atoms with Gasteiger partial charge in [0.15, 0.2) is 0 Å². The van der Waals surface area contributed by atoms with E-state index in [-0.39, 0.29) is 46.1 Å². The van der Waals surface area contributed by atoms with Crippen molar-refractivity contribution in [3.8, 4) is 12.1 Å². The van der Waals surface area contributed by atoms with E-state index in [0.717, 1.165) is 34.7 Å². The second kappa shape index (κ2) is 17.5. The number of para-hydroxylation sites is 2. The lowest BCUT2D eigenvalue weighted by Crippen LogP contribution is -2.37. The fraction of sp³-hybridized carbons (Fsp3) is 0.150. The molecule has 2 aliphatic heterocycles. The number of thioether (sulfide) groups is 2. The normalized spacial score (nSPS) is 18.5. The zero-order valence-electron chi connectivity index (χ0n) is 28.4. The highest BCUT2D eigenvalue weighted by atomic mass is 35.5. The van der Waals surface area contributed by atoms with E-state index in [1.807, 2.05) is 36.4 Å². The summed E-state index contributed by atoms with van der Waals surface area (Å²) in [5, 5.41) is 26.0. The van der Waals surface area contributed by atoms with Crippen molar-refractivity contribution < 1.29 is 19.2 Å². The number of amides is 4. The Morgan fingerprint density at radius 1 is 0.593 bits per heavy atom. The van der Waals surface area contributed by atoms with Crippen molar-refractivity contribution >= 4 is 81.7 Å². The van der Waals surface area contributed by atoms with Crippen molar-refractivity contribution in [2.75, 3.05) is 22.9 Å². The molecule has 270 valence electrons. The van der Waals surface area contributed by atoms with Gasteiger partial charge in [0.2, 0.25) is 11.8 Å². The molecule has 10 nitrogen and oxygen atoms in total. The molecule has 0 aromatic heterocycles. The highest BCUT2D eigenvalue weighted by Crippen LogP contribution is 2.43. The second-order valence-electron chi connectivity index (χ2n) is 12.0. The van der Waals surface area contributed by atoms with Crippen LogP contribution in [0.25, 0.3) is 0 Å². The third-order valence-corrected chi connectivity index (χ3v) is 11.4. The van der Waals surface area contributed by atoms with Gasteiger partial charge in [0.05, 0.1) is 10.5 Å². The third-order valence-electron chi connectivity index (χ3n) is 8.40. The number of rotatable bonds is 11. The minimum absolute atomic E-state index is 0.0944. The largest absolute Gasteiger partial charge is 0.350 e. The number of nitrogens with one attached hydrogen (secondary N) is 2. The van der Waals surface area contributed by atoms with Gasteiger partial charge in [-0.25, -0.2) is 0 Å². The molecule has 0 aliphatic carbocycles. The lowest BCUT2D eigenvalue weighted by atomic mass is 10.1. The highest BCUT2D eigenvalue weighted by Gasteiger charge is 2.42. The summed E-state index contributed by atoms with van der Waals surface area (Å²) < 4.78 is 0. The van der Waals surface area contributed by atoms with Crippen molar-refractivity contribution in [2.45, 2.75) is 23.3 Å². The van der Waals surface area contributed by atoms with Crippen LogP contribution < -0.4 is 20.4 Å². The van der Waals surface area contributed by atoms with E-state index in [1.54, 1.807) is 84.9 Å². The predicted octanol–water partition coefficient (Wildman–Crippen LogP) is 6.78. The number of hydrogen-bond acceptors (Lipinski definition) is 8. The molecule has 54 heavy (non-hydrogen) atoms. The predicted molar refractivity (Wildman–Crippen MR) is 212 cm³/mol. The van der Waals surface area contributed by atoms with E-state index in [2.05, 4.69) is 10.6 Å². The van der Waals surface area contributed by atoms with E-state index >= 15 is 0 Å². The van der Waals surface area contributed by atoms with Gasteiger partial charge in [-0.1, -0.05) is 107 Å². The first kappa shape index (κ1) is 38.2. The summed E-state index contributed by atoms with van der Waals surface area (Å²) in [5.41, 5.74) is 2.25. The molecule has 2 aliphatic rings. The molecule has 6 rings (SSSR count). The average molecular weight is 794 g/mol.